The highest BCUT2D eigenvalue weighted by Gasteiger charge is 2.35. The Balaban J connectivity index is 2.55. The van der Waals surface area contributed by atoms with E-state index < -0.39 is 12.0 Å². The van der Waals surface area contributed by atoms with Gasteiger partial charge in [0.2, 0.25) is 0 Å². The third-order valence-corrected chi connectivity index (χ3v) is 3.33. The van der Waals surface area contributed by atoms with Crippen molar-refractivity contribution in [3.8, 4) is 0 Å². The molecule has 0 aromatic rings. The zero-order chi connectivity index (χ0) is 12.1. The zero-order valence-electron chi connectivity index (χ0n) is 9.68. The molecule has 0 aliphatic carbocycles. The molecule has 0 aromatic heterocycles. The number of hydrogen-bond donors (Lipinski definition) is 1. The van der Waals surface area contributed by atoms with Gasteiger partial charge in [-0.15, -0.1) is 0 Å². The van der Waals surface area contributed by atoms with Crippen molar-refractivity contribution in [2.24, 2.45) is 0 Å². The van der Waals surface area contributed by atoms with Crippen molar-refractivity contribution in [1.29, 1.82) is 0 Å². The number of hydrogen-bond acceptors (Lipinski definition) is 3. The molecule has 0 bridgehead atoms. The molecule has 1 fully saturated rings. The molecule has 0 unspecified atom stereocenters. The number of carbonyl (C=O) groups is 2. The number of urea groups is 1. The molecule has 5 nitrogen and oxygen atoms in total. The maximum atomic E-state index is 11.9. The van der Waals surface area contributed by atoms with E-state index in [2.05, 4.69) is 0 Å². The fraction of sp³-hybridized carbons (Fsp3) is 0.800. The summed E-state index contributed by atoms with van der Waals surface area (Å²) in [5.41, 5.74) is 0. The summed E-state index contributed by atoms with van der Waals surface area (Å²) in [5, 5.41) is 8.97. The van der Waals surface area contributed by atoms with Crippen molar-refractivity contribution in [1.82, 2.24) is 9.80 Å². The average Bonchev–Trinajstić information content (AvgIpc) is 2.73. The maximum absolute atomic E-state index is 11.9. The highest BCUT2D eigenvalue weighted by molar-refractivity contribution is 7.98. The van der Waals surface area contributed by atoms with Gasteiger partial charge in [-0.05, 0) is 19.1 Å². The van der Waals surface area contributed by atoms with E-state index >= 15 is 0 Å². The van der Waals surface area contributed by atoms with E-state index in [9.17, 15) is 9.59 Å². The monoisotopic (exact) mass is 246 g/mol. The summed E-state index contributed by atoms with van der Waals surface area (Å²) in [7, 11) is 1.72. The summed E-state index contributed by atoms with van der Waals surface area (Å²) >= 11 is 1.67. The normalized spacial score (nSPS) is 19.9. The second-order valence-electron chi connectivity index (χ2n) is 3.89. The Morgan fingerprint density at radius 2 is 2.25 bits per heavy atom. The highest BCUT2D eigenvalue weighted by Crippen LogP contribution is 2.18. The van der Waals surface area contributed by atoms with Crippen LogP contribution in [-0.4, -0.2) is 65.1 Å². The predicted molar refractivity (Wildman–Crippen MR) is 63.8 cm³/mol. The van der Waals surface area contributed by atoms with Crippen LogP contribution in [-0.2, 0) is 4.79 Å². The summed E-state index contributed by atoms with van der Waals surface area (Å²) in [4.78, 5) is 25.9. The van der Waals surface area contributed by atoms with Gasteiger partial charge in [-0.3, -0.25) is 0 Å². The Kier molecular flexibility index (Phi) is 4.92. The van der Waals surface area contributed by atoms with Crippen LogP contribution in [0.15, 0.2) is 0 Å². The molecule has 1 saturated heterocycles. The number of nitrogens with zero attached hydrogens (tertiary/aromatic N) is 2. The smallest absolute Gasteiger partial charge is 0.326 e. The van der Waals surface area contributed by atoms with Crippen LogP contribution in [0.1, 0.15) is 12.8 Å². The van der Waals surface area contributed by atoms with E-state index in [4.69, 9.17) is 5.11 Å². The van der Waals surface area contributed by atoms with Gasteiger partial charge in [0.1, 0.15) is 6.04 Å². The lowest BCUT2D eigenvalue weighted by Crippen LogP contribution is -2.47. The van der Waals surface area contributed by atoms with Crippen molar-refractivity contribution in [2.45, 2.75) is 18.9 Å². The topological polar surface area (TPSA) is 60.9 Å². The first-order valence-electron chi connectivity index (χ1n) is 5.31. The molecule has 92 valence electrons. The lowest BCUT2D eigenvalue weighted by atomic mass is 10.2. The van der Waals surface area contributed by atoms with Crippen LogP contribution in [0.4, 0.5) is 4.79 Å². The number of amides is 2. The highest BCUT2D eigenvalue weighted by atomic mass is 32.2. The van der Waals surface area contributed by atoms with Crippen molar-refractivity contribution in [2.75, 3.05) is 32.1 Å². The van der Waals surface area contributed by atoms with E-state index in [0.29, 0.717) is 19.5 Å². The Morgan fingerprint density at radius 3 is 2.81 bits per heavy atom. The quantitative estimate of drug-likeness (QED) is 0.802. The van der Waals surface area contributed by atoms with Crippen molar-refractivity contribution >= 4 is 23.8 Å². The lowest BCUT2D eigenvalue weighted by molar-refractivity contribution is -0.141. The fourth-order valence-electron chi connectivity index (χ4n) is 1.80. The molecule has 0 saturated carbocycles. The van der Waals surface area contributed by atoms with Crippen LogP contribution in [0.2, 0.25) is 0 Å². The second-order valence-corrected chi connectivity index (χ2v) is 4.87. The van der Waals surface area contributed by atoms with Gasteiger partial charge in [-0.2, -0.15) is 11.8 Å². The molecular formula is C10H18N2O3S. The van der Waals surface area contributed by atoms with Crippen LogP contribution in [0.3, 0.4) is 0 Å². The molecule has 0 aromatic carbocycles. The van der Waals surface area contributed by atoms with E-state index in [1.165, 1.54) is 4.90 Å². The van der Waals surface area contributed by atoms with Crippen molar-refractivity contribution < 1.29 is 14.7 Å². The Hall–Kier alpha value is -0.910. The van der Waals surface area contributed by atoms with E-state index in [1.807, 2.05) is 6.26 Å². The molecule has 1 rings (SSSR count). The van der Waals surface area contributed by atoms with Crippen LogP contribution in [0.5, 0.6) is 0 Å². The Morgan fingerprint density at radius 1 is 1.56 bits per heavy atom. The number of thioether (sulfide) groups is 1. The minimum Gasteiger partial charge on any atom is -0.480 e. The Bertz CT molecular complexity index is 273. The van der Waals surface area contributed by atoms with Crippen molar-refractivity contribution in [3.05, 3.63) is 0 Å². The molecule has 1 N–H and O–H groups in total. The molecule has 1 aliphatic heterocycles. The van der Waals surface area contributed by atoms with E-state index in [-0.39, 0.29) is 6.03 Å². The molecular weight excluding hydrogens is 228 g/mol. The number of likely N-dealkylation sites (tertiary alicyclic amines) is 1. The predicted octanol–water partition coefficient (Wildman–Crippen LogP) is 0.950. The summed E-state index contributed by atoms with van der Waals surface area (Å²) in [5.74, 6) is -0.0301. The lowest BCUT2D eigenvalue weighted by Gasteiger charge is -2.27. The molecule has 0 radical (unpaired) electrons. The minimum absolute atomic E-state index is 0.168. The van der Waals surface area contributed by atoms with E-state index in [0.717, 1.165) is 12.2 Å². The third kappa shape index (κ3) is 3.04. The van der Waals surface area contributed by atoms with Gasteiger partial charge in [0.05, 0.1) is 0 Å². The van der Waals surface area contributed by atoms with Gasteiger partial charge >= 0.3 is 12.0 Å². The van der Waals surface area contributed by atoms with Gasteiger partial charge in [0.15, 0.2) is 0 Å². The first kappa shape index (κ1) is 13.2. The first-order chi connectivity index (χ1) is 7.57. The molecule has 16 heavy (non-hydrogen) atoms. The standard InChI is InChI=1S/C10H18N2O3S/c1-11(6-7-16-2)10(15)12-5-3-4-8(12)9(13)14/h8H,3-7H2,1-2H3,(H,13,14)/t8-/m1/s1. The maximum Gasteiger partial charge on any atom is 0.326 e. The minimum atomic E-state index is -0.899. The van der Waals surface area contributed by atoms with Gasteiger partial charge in [0.25, 0.3) is 0 Å². The van der Waals surface area contributed by atoms with Gasteiger partial charge in [0, 0.05) is 25.9 Å². The first-order valence-corrected chi connectivity index (χ1v) is 6.70. The van der Waals surface area contributed by atoms with Gasteiger partial charge in [-0.1, -0.05) is 0 Å². The Labute approximate surface area is 99.8 Å². The van der Waals surface area contributed by atoms with E-state index in [1.54, 1.807) is 23.7 Å². The number of aliphatic carboxylic acids is 1. The number of rotatable bonds is 4. The van der Waals surface area contributed by atoms with Gasteiger partial charge in [-0.25, -0.2) is 9.59 Å². The van der Waals surface area contributed by atoms with Gasteiger partial charge < -0.3 is 14.9 Å². The number of carbonyl (C=O) groups excluding carboxylic acids is 1. The SMILES string of the molecule is CSCCN(C)C(=O)N1CCC[C@@H]1C(=O)O. The average molecular weight is 246 g/mol. The zero-order valence-corrected chi connectivity index (χ0v) is 10.5. The third-order valence-electron chi connectivity index (χ3n) is 2.74. The molecule has 1 heterocycles. The molecule has 6 heteroatoms. The van der Waals surface area contributed by atoms with Crippen LogP contribution >= 0.6 is 11.8 Å². The molecule has 1 aliphatic rings. The second kappa shape index (κ2) is 5.98. The summed E-state index contributed by atoms with van der Waals surface area (Å²) in [6, 6.07) is -0.803. The molecule has 2 amide bonds. The largest absolute Gasteiger partial charge is 0.480 e. The van der Waals surface area contributed by atoms with Crippen LogP contribution < -0.4 is 0 Å². The number of carboxylic acids is 1. The summed E-state index contributed by atoms with van der Waals surface area (Å²) < 4.78 is 0. The van der Waals surface area contributed by atoms with Crippen LogP contribution in [0, 0.1) is 0 Å². The van der Waals surface area contributed by atoms with Crippen molar-refractivity contribution in [3.63, 3.8) is 0 Å². The molecule has 0 spiro atoms. The van der Waals surface area contributed by atoms with Crippen LogP contribution in [0.25, 0.3) is 0 Å². The fourth-order valence-corrected chi connectivity index (χ4v) is 2.25. The number of carboxylic acid groups (broad SMARTS) is 1. The summed E-state index contributed by atoms with van der Waals surface area (Å²) in [6.45, 7) is 1.21. The molecule has 1 atom stereocenters. The summed E-state index contributed by atoms with van der Waals surface area (Å²) in [6.07, 6.45) is 3.32.